The zero-order valence-electron chi connectivity index (χ0n) is 16.8. The summed E-state index contributed by atoms with van der Waals surface area (Å²) in [4.78, 5) is 8.94. The molecule has 7 heteroatoms. The molecule has 1 aliphatic rings. The van der Waals surface area contributed by atoms with Crippen LogP contribution in [0.4, 0.5) is 0 Å². The SMILES string of the molecule is COc1ccc(-c2ccc(/C=C3/CCCN=C3c3cccnc3)o2)c(OC)c1.Cl.Cl. The van der Waals surface area contributed by atoms with Crippen molar-refractivity contribution in [3.63, 3.8) is 0 Å². The number of hydrogen-bond donors (Lipinski definition) is 0. The summed E-state index contributed by atoms with van der Waals surface area (Å²) in [5.41, 5.74) is 4.09. The van der Waals surface area contributed by atoms with E-state index >= 15 is 0 Å². The first-order valence-corrected chi connectivity index (χ1v) is 9.26. The molecule has 0 spiro atoms. The third-order valence-corrected chi connectivity index (χ3v) is 4.73. The molecule has 3 aromatic rings. The highest BCUT2D eigenvalue weighted by molar-refractivity contribution is 6.15. The molecule has 0 N–H and O–H groups in total. The predicted octanol–water partition coefficient (Wildman–Crippen LogP) is 5.87. The molecule has 3 heterocycles. The van der Waals surface area contributed by atoms with Crippen LogP contribution in [-0.4, -0.2) is 31.5 Å². The summed E-state index contributed by atoms with van der Waals surface area (Å²) in [6, 6.07) is 13.6. The second-order valence-electron chi connectivity index (χ2n) is 6.51. The highest BCUT2D eigenvalue weighted by Gasteiger charge is 2.16. The van der Waals surface area contributed by atoms with Crippen LogP contribution in [0.25, 0.3) is 17.4 Å². The number of ether oxygens (including phenoxy) is 2. The summed E-state index contributed by atoms with van der Waals surface area (Å²) < 4.78 is 16.9. The van der Waals surface area contributed by atoms with E-state index in [0.717, 1.165) is 53.5 Å². The van der Waals surface area contributed by atoms with E-state index in [1.165, 1.54) is 5.57 Å². The van der Waals surface area contributed by atoms with Crippen LogP contribution in [0, 0.1) is 0 Å². The molecule has 5 nitrogen and oxygen atoms in total. The Kier molecular flexibility index (Phi) is 8.51. The highest BCUT2D eigenvalue weighted by Crippen LogP contribution is 2.35. The highest BCUT2D eigenvalue weighted by atomic mass is 35.5. The topological polar surface area (TPSA) is 56.9 Å². The standard InChI is InChI=1S/C23H22N2O3.2ClH/c1-26-18-7-9-20(22(14-18)27-2)21-10-8-19(28-21)13-16-5-4-12-25-23(16)17-6-3-11-24-15-17;;/h3,6-11,13-15H,4-5,12H2,1-2H3;2*1H/b16-13-;;. The van der Waals surface area contributed by atoms with E-state index < -0.39 is 0 Å². The van der Waals surface area contributed by atoms with Crippen LogP contribution in [-0.2, 0) is 0 Å². The maximum Gasteiger partial charge on any atom is 0.138 e. The Balaban J connectivity index is 0.00000160. The Morgan fingerprint density at radius 1 is 1.03 bits per heavy atom. The Labute approximate surface area is 188 Å². The zero-order chi connectivity index (χ0) is 19.3. The molecule has 30 heavy (non-hydrogen) atoms. The van der Waals surface area contributed by atoms with Crippen molar-refractivity contribution in [3.05, 3.63) is 71.8 Å². The summed E-state index contributed by atoms with van der Waals surface area (Å²) >= 11 is 0. The number of aromatic nitrogens is 1. The molecule has 0 saturated carbocycles. The molecule has 0 unspecified atom stereocenters. The van der Waals surface area contributed by atoms with Crippen molar-refractivity contribution in [3.8, 4) is 22.8 Å². The molecule has 158 valence electrons. The molecule has 0 fully saturated rings. The van der Waals surface area contributed by atoms with Gasteiger partial charge in [-0.25, -0.2) is 0 Å². The van der Waals surface area contributed by atoms with Crippen LogP contribution in [0.2, 0.25) is 0 Å². The number of allylic oxidation sites excluding steroid dienone is 1. The third kappa shape index (κ3) is 5.04. The van der Waals surface area contributed by atoms with Crippen LogP contribution in [0.15, 0.2) is 69.8 Å². The van der Waals surface area contributed by atoms with Gasteiger partial charge in [0.15, 0.2) is 0 Å². The normalized spacial score (nSPS) is 14.3. The van der Waals surface area contributed by atoms with E-state index in [0.29, 0.717) is 5.75 Å². The van der Waals surface area contributed by atoms with Crippen LogP contribution in [0.1, 0.15) is 24.2 Å². The van der Waals surface area contributed by atoms with E-state index in [1.54, 1.807) is 20.4 Å². The Bertz CT molecular complexity index is 1030. The van der Waals surface area contributed by atoms with Gasteiger partial charge in [0.25, 0.3) is 0 Å². The van der Waals surface area contributed by atoms with E-state index in [1.807, 2.05) is 48.7 Å². The van der Waals surface area contributed by atoms with Gasteiger partial charge >= 0.3 is 0 Å². The van der Waals surface area contributed by atoms with Gasteiger partial charge in [-0.2, -0.15) is 0 Å². The number of furan rings is 1. The maximum absolute atomic E-state index is 6.10. The first-order chi connectivity index (χ1) is 13.8. The monoisotopic (exact) mass is 446 g/mol. The zero-order valence-corrected chi connectivity index (χ0v) is 18.5. The Morgan fingerprint density at radius 3 is 2.63 bits per heavy atom. The molecule has 0 aliphatic carbocycles. The smallest absolute Gasteiger partial charge is 0.138 e. The maximum atomic E-state index is 6.10. The number of methoxy groups -OCH3 is 2. The lowest BCUT2D eigenvalue weighted by Gasteiger charge is -2.15. The predicted molar refractivity (Wildman–Crippen MR) is 125 cm³/mol. The molecule has 0 amide bonds. The van der Waals surface area contributed by atoms with Crippen molar-refractivity contribution in [2.45, 2.75) is 12.8 Å². The molecule has 0 radical (unpaired) electrons. The second kappa shape index (κ2) is 10.9. The largest absolute Gasteiger partial charge is 0.497 e. The van der Waals surface area contributed by atoms with Crippen molar-refractivity contribution in [1.82, 2.24) is 4.98 Å². The quantitative estimate of drug-likeness (QED) is 0.491. The van der Waals surface area contributed by atoms with Gasteiger partial charge in [-0.05, 0) is 60.9 Å². The van der Waals surface area contributed by atoms with Crippen LogP contribution >= 0.6 is 24.8 Å². The van der Waals surface area contributed by atoms with Crippen LogP contribution in [0.5, 0.6) is 11.5 Å². The Hall–Kier alpha value is -2.76. The van der Waals surface area contributed by atoms with E-state index in [9.17, 15) is 0 Å². The molecule has 1 aromatic carbocycles. The number of benzene rings is 1. The summed E-state index contributed by atoms with van der Waals surface area (Å²) in [6.45, 7) is 0.841. The van der Waals surface area contributed by atoms with Crippen LogP contribution < -0.4 is 9.47 Å². The van der Waals surface area contributed by atoms with Crippen LogP contribution in [0.3, 0.4) is 0 Å². The molecule has 0 atom stereocenters. The molecule has 0 saturated heterocycles. The fourth-order valence-electron chi connectivity index (χ4n) is 3.35. The summed E-state index contributed by atoms with van der Waals surface area (Å²) in [5, 5.41) is 0. The number of aliphatic imine (C=N–C) groups is 1. The van der Waals surface area contributed by atoms with Gasteiger partial charge in [0.05, 0.1) is 25.5 Å². The van der Waals surface area contributed by atoms with Gasteiger partial charge in [0, 0.05) is 30.6 Å². The van der Waals surface area contributed by atoms with E-state index in [4.69, 9.17) is 18.9 Å². The number of nitrogens with zero attached hydrogens (tertiary/aromatic N) is 2. The van der Waals surface area contributed by atoms with E-state index in [-0.39, 0.29) is 24.8 Å². The third-order valence-electron chi connectivity index (χ3n) is 4.73. The molecule has 1 aliphatic heterocycles. The fourth-order valence-corrected chi connectivity index (χ4v) is 3.35. The lowest BCUT2D eigenvalue weighted by Crippen LogP contribution is -2.11. The van der Waals surface area contributed by atoms with Gasteiger partial charge in [-0.15, -0.1) is 24.8 Å². The molecule has 4 rings (SSSR count). The minimum atomic E-state index is 0. The molecular formula is C23H24Cl2N2O3. The van der Waals surface area contributed by atoms with Crippen molar-refractivity contribution < 1.29 is 13.9 Å². The van der Waals surface area contributed by atoms with Crippen molar-refractivity contribution >= 4 is 36.6 Å². The lowest BCUT2D eigenvalue weighted by atomic mass is 9.96. The number of halogens is 2. The summed E-state index contributed by atoms with van der Waals surface area (Å²) in [7, 11) is 3.28. The average molecular weight is 447 g/mol. The van der Waals surface area contributed by atoms with Crippen molar-refractivity contribution in [1.29, 1.82) is 0 Å². The first-order valence-electron chi connectivity index (χ1n) is 9.26. The number of rotatable bonds is 5. The minimum absolute atomic E-state index is 0. The minimum Gasteiger partial charge on any atom is -0.497 e. The van der Waals surface area contributed by atoms with Gasteiger partial charge in [-0.3, -0.25) is 9.98 Å². The molecular weight excluding hydrogens is 423 g/mol. The molecule has 2 aromatic heterocycles. The van der Waals surface area contributed by atoms with Gasteiger partial charge < -0.3 is 13.9 Å². The van der Waals surface area contributed by atoms with E-state index in [2.05, 4.69) is 11.1 Å². The lowest BCUT2D eigenvalue weighted by molar-refractivity contribution is 0.394. The second-order valence-corrected chi connectivity index (χ2v) is 6.51. The first kappa shape index (κ1) is 23.5. The van der Waals surface area contributed by atoms with Gasteiger partial charge in [0.1, 0.15) is 23.0 Å². The number of hydrogen-bond acceptors (Lipinski definition) is 5. The fraction of sp³-hybridized carbons (Fsp3) is 0.217. The number of pyridine rings is 1. The van der Waals surface area contributed by atoms with Gasteiger partial charge in [-0.1, -0.05) is 0 Å². The molecule has 0 bridgehead atoms. The van der Waals surface area contributed by atoms with Crippen molar-refractivity contribution in [2.24, 2.45) is 4.99 Å². The average Bonchev–Trinajstić information content (AvgIpc) is 3.22. The Morgan fingerprint density at radius 2 is 1.90 bits per heavy atom. The summed E-state index contributed by atoms with van der Waals surface area (Å²) in [6.07, 6.45) is 7.71. The van der Waals surface area contributed by atoms with Crippen molar-refractivity contribution in [2.75, 3.05) is 20.8 Å². The van der Waals surface area contributed by atoms with Gasteiger partial charge in [0.2, 0.25) is 0 Å². The summed E-state index contributed by atoms with van der Waals surface area (Å²) in [5.74, 6) is 3.00.